The lowest BCUT2D eigenvalue weighted by Gasteiger charge is -2.27. The molecule has 41 heavy (non-hydrogen) atoms. The first-order valence-corrected chi connectivity index (χ1v) is 14.8. The van der Waals surface area contributed by atoms with Crippen molar-refractivity contribution in [2.24, 2.45) is 0 Å². The Labute approximate surface area is 239 Å². The number of anilines is 1. The minimum atomic E-state index is -4.06. The van der Waals surface area contributed by atoms with Crippen LogP contribution in [0, 0.1) is 13.8 Å². The van der Waals surface area contributed by atoms with Crippen molar-refractivity contribution in [3.05, 3.63) is 65.2 Å². The molecule has 1 atom stereocenters. The van der Waals surface area contributed by atoms with Gasteiger partial charge in [0.2, 0.25) is 17.7 Å². The lowest BCUT2D eigenvalue weighted by Crippen LogP contribution is -2.43. The van der Waals surface area contributed by atoms with Gasteiger partial charge in [0.1, 0.15) is 18.2 Å². The van der Waals surface area contributed by atoms with Crippen LogP contribution in [0.2, 0.25) is 0 Å². The maximum atomic E-state index is 13.4. The van der Waals surface area contributed by atoms with Crippen LogP contribution in [0.25, 0.3) is 11.3 Å². The molecule has 1 unspecified atom stereocenters. The number of rotatable bonds is 1. The fourth-order valence-corrected chi connectivity index (χ4v) is 5.94. The number of fused-ring (bicyclic) bond motifs is 6. The van der Waals surface area contributed by atoms with Gasteiger partial charge in [0.05, 0.1) is 23.7 Å². The Bertz CT molecular complexity index is 1600. The second kappa shape index (κ2) is 10.7. The Morgan fingerprint density at radius 2 is 1.73 bits per heavy atom. The van der Waals surface area contributed by atoms with E-state index >= 15 is 0 Å². The standard InChI is InChI=1S/C29H33N5O6S/c1-18-8-6-9-19(2)26(18)23-13-24-31-27(30-23)32-41(37,38)22-11-7-10-20(12-22)14-33-15-21(39-24)16-34(17-25(33)35)28(36)40-29(3,4)5/h6-13,21H,14-17H2,1-5H3,(H,30,31,32). The number of ether oxygens (including phenoxy) is 2. The van der Waals surface area contributed by atoms with E-state index in [1.807, 2.05) is 32.0 Å². The van der Waals surface area contributed by atoms with Gasteiger partial charge >= 0.3 is 6.09 Å². The zero-order valence-electron chi connectivity index (χ0n) is 23.7. The van der Waals surface area contributed by atoms with Gasteiger partial charge in [0.15, 0.2) is 0 Å². The van der Waals surface area contributed by atoms with Crippen molar-refractivity contribution in [2.75, 3.05) is 24.4 Å². The Balaban J connectivity index is 1.63. The number of nitrogens with zero attached hydrogens (tertiary/aromatic N) is 4. The summed E-state index contributed by atoms with van der Waals surface area (Å²) in [6.07, 6.45) is -1.32. The summed E-state index contributed by atoms with van der Waals surface area (Å²) in [6, 6.07) is 13.8. The monoisotopic (exact) mass is 579 g/mol. The first-order chi connectivity index (χ1) is 19.3. The summed E-state index contributed by atoms with van der Waals surface area (Å²) in [5.41, 5.74) is 3.03. The van der Waals surface area contributed by atoms with E-state index in [9.17, 15) is 18.0 Å². The molecule has 0 saturated carbocycles. The van der Waals surface area contributed by atoms with E-state index in [-0.39, 0.29) is 48.8 Å². The van der Waals surface area contributed by atoms with E-state index in [1.165, 1.54) is 17.0 Å². The Morgan fingerprint density at radius 3 is 2.44 bits per heavy atom. The Kier molecular flexibility index (Phi) is 7.37. The van der Waals surface area contributed by atoms with E-state index < -0.39 is 27.8 Å². The molecule has 2 aliphatic rings. The molecule has 5 rings (SSSR count). The predicted octanol–water partition coefficient (Wildman–Crippen LogP) is 3.90. The molecular weight excluding hydrogens is 546 g/mol. The first-order valence-electron chi connectivity index (χ1n) is 13.3. The molecule has 1 fully saturated rings. The zero-order chi connectivity index (χ0) is 29.5. The van der Waals surface area contributed by atoms with Gasteiger partial charge in [0.25, 0.3) is 10.0 Å². The third-order valence-corrected chi connectivity index (χ3v) is 8.04. The molecule has 6 bridgehead atoms. The molecular formula is C29H33N5O6S. The molecule has 1 N–H and O–H groups in total. The molecule has 0 aliphatic carbocycles. The summed E-state index contributed by atoms with van der Waals surface area (Å²) in [4.78, 5) is 38.2. The molecule has 1 saturated heterocycles. The lowest BCUT2D eigenvalue weighted by molar-refractivity contribution is -0.132. The molecule has 3 aromatic rings. The fraction of sp³-hybridized carbons (Fsp3) is 0.379. The summed E-state index contributed by atoms with van der Waals surface area (Å²) in [7, 11) is -4.06. The highest BCUT2D eigenvalue weighted by atomic mass is 32.2. The lowest BCUT2D eigenvalue weighted by atomic mass is 10.00. The van der Waals surface area contributed by atoms with Gasteiger partial charge in [-0.2, -0.15) is 4.98 Å². The second-order valence-electron chi connectivity index (χ2n) is 11.3. The van der Waals surface area contributed by atoms with Crippen molar-refractivity contribution in [3.8, 4) is 17.1 Å². The quantitative estimate of drug-likeness (QED) is 0.459. The SMILES string of the molecule is Cc1cccc(C)c1-c1cc2nc(n1)NS(=O)(=O)c1cccc(c1)CN1CC(CN(C(=O)OC(C)(C)C)CC1=O)O2. The number of carbonyl (C=O) groups excluding carboxylic acids is 2. The topological polar surface area (TPSA) is 131 Å². The van der Waals surface area contributed by atoms with E-state index in [1.54, 1.807) is 43.9 Å². The maximum absolute atomic E-state index is 13.4. The number of carbonyl (C=O) groups is 2. The van der Waals surface area contributed by atoms with Crippen LogP contribution in [0.15, 0.2) is 53.4 Å². The Hall–Kier alpha value is -4.19. The van der Waals surface area contributed by atoms with Gasteiger partial charge in [-0.05, 0) is 63.4 Å². The van der Waals surface area contributed by atoms with Gasteiger partial charge in [-0.15, -0.1) is 0 Å². The molecule has 2 aliphatic heterocycles. The van der Waals surface area contributed by atoms with E-state index in [4.69, 9.17) is 9.47 Å². The molecule has 1 aromatic heterocycles. The van der Waals surface area contributed by atoms with Gasteiger partial charge in [-0.25, -0.2) is 22.9 Å². The average molecular weight is 580 g/mol. The highest BCUT2D eigenvalue weighted by Gasteiger charge is 2.34. The van der Waals surface area contributed by atoms with E-state index in [0.29, 0.717) is 11.3 Å². The van der Waals surface area contributed by atoms with Crippen molar-refractivity contribution in [1.29, 1.82) is 0 Å². The zero-order valence-corrected chi connectivity index (χ0v) is 24.5. The first kappa shape index (κ1) is 28.3. The molecule has 12 heteroatoms. The number of aromatic nitrogens is 2. The van der Waals surface area contributed by atoms with Crippen LogP contribution >= 0.6 is 0 Å². The number of amides is 2. The van der Waals surface area contributed by atoms with E-state index in [2.05, 4.69) is 14.7 Å². The summed E-state index contributed by atoms with van der Waals surface area (Å²) in [5.74, 6) is -0.372. The normalized spacial score (nSPS) is 18.6. The molecule has 11 nitrogen and oxygen atoms in total. The van der Waals surface area contributed by atoms with Gasteiger partial charge in [-0.1, -0.05) is 30.3 Å². The van der Waals surface area contributed by atoms with Crippen LogP contribution in [-0.2, 0) is 26.1 Å². The van der Waals surface area contributed by atoms with Gasteiger partial charge in [0, 0.05) is 18.2 Å². The number of benzene rings is 2. The number of aryl methyl sites for hydroxylation is 2. The molecule has 2 aromatic carbocycles. The predicted molar refractivity (Wildman–Crippen MR) is 152 cm³/mol. The third-order valence-electron chi connectivity index (χ3n) is 6.71. The molecule has 216 valence electrons. The van der Waals surface area contributed by atoms with Crippen LogP contribution in [0.3, 0.4) is 0 Å². The average Bonchev–Trinajstić information content (AvgIpc) is 3.00. The molecule has 0 radical (unpaired) electrons. The summed E-state index contributed by atoms with van der Waals surface area (Å²) in [6.45, 7) is 9.27. The number of hydrogen-bond donors (Lipinski definition) is 1. The number of hydrogen-bond acceptors (Lipinski definition) is 8. The Morgan fingerprint density at radius 1 is 1.02 bits per heavy atom. The number of sulfonamides is 1. The molecule has 3 heterocycles. The largest absolute Gasteiger partial charge is 0.470 e. The molecule has 2 amide bonds. The highest BCUT2D eigenvalue weighted by Crippen LogP contribution is 2.30. The van der Waals surface area contributed by atoms with Crippen LogP contribution in [-0.4, -0.2) is 71.5 Å². The number of nitrogens with one attached hydrogen (secondary N) is 1. The highest BCUT2D eigenvalue weighted by molar-refractivity contribution is 7.92. The summed E-state index contributed by atoms with van der Waals surface area (Å²) >= 11 is 0. The second-order valence-corrected chi connectivity index (χ2v) is 13.0. The fourth-order valence-electron chi connectivity index (χ4n) is 4.93. The van der Waals surface area contributed by atoms with Crippen molar-refractivity contribution in [1.82, 2.24) is 19.8 Å². The van der Waals surface area contributed by atoms with Crippen molar-refractivity contribution >= 4 is 28.0 Å². The minimum Gasteiger partial charge on any atom is -0.470 e. The van der Waals surface area contributed by atoms with Crippen molar-refractivity contribution < 1.29 is 27.5 Å². The maximum Gasteiger partial charge on any atom is 0.410 e. The third kappa shape index (κ3) is 6.43. The van der Waals surface area contributed by atoms with Crippen LogP contribution in [0.1, 0.15) is 37.5 Å². The van der Waals surface area contributed by atoms with Crippen molar-refractivity contribution in [2.45, 2.75) is 57.8 Å². The minimum absolute atomic E-state index is 0.00648. The van der Waals surface area contributed by atoms with Gasteiger partial charge in [-0.3, -0.25) is 9.69 Å². The molecule has 0 spiro atoms. The summed E-state index contributed by atoms with van der Waals surface area (Å²) in [5, 5.41) is 0. The van der Waals surface area contributed by atoms with Crippen LogP contribution < -0.4 is 9.46 Å². The van der Waals surface area contributed by atoms with Crippen LogP contribution in [0.5, 0.6) is 5.88 Å². The van der Waals surface area contributed by atoms with Crippen molar-refractivity contribution in [3.63, 3.8) is 0 Å². The van der Waals surface area contributed by atoms with Gasteiger partial charge < -0.3 is 14.4 Å². The smallest absolute Gasteiger partial charge is 0.410 e. The summed E-state index contributed by atoms with van der Waals surface area (Å²) < 4.78 is 41.1. The van der Waals surface area contributed by atoms with E-state index in [0.717, 1.165) is 16.7 Å². The van der Waals surface area contributed by atoms with Crippen LogP contribution in [0.4, 0.5) is 10.7 Å².